The first-order valence-corrected chi connectivity index (χ1v) is 8.58. The summed E-state index contributed by atoms with van der Waals surface area (Å²) in [6, 6.07) is 2.86. The van der Waals surface area contributed by atoms with Crippen LogP contribution < -0.4 is 5.32 Å². The molecule has 0 unspecified atom stereocenters. The van der Waals surface area contributed by atoms with Crippen LogP contribution in [0, 0.1) is 20.8 Å². The number of aryl methyl sites for hydroxylation is 2. The summed E-state index contributed by atoms with van der Waals surface area (Å²) in [7, 11) is 0. The minimum Gasteiger partial charge on any atom is -0.310 e. The van der Waals surface area contributed by atoms with E-state index in [0.29, 0.717) is 6.04 Å². The van der Waals surface area contributed by atoms with Crippen LogP contribution in [0.1, 0.15) is 53.0 Å². The van der Waals surface area contributed by atoms with Crippen molar-refractivity contribution in [2.45, 2.75) is 67.1 Å². The molecule has 2 heterocycles. The van der Waals surface area contributed by atoms with E-state index in [-0.39, 0.29) is 0 Å². The number of nitrogens with one attached hydrogen (secondary N) is 1. The van der Waals surface area contributed by atoms with E-state index in [1.807, 2.05) is 11.3 Å². The zero-order chi connectivity index (χ0) is 15.6. The number of nitrogens with zero attached hydrogens (tertiary/aromatic N) is 2. The molecular formula is C17H27N3S. The maximum atomic E-state index is 4.71. The summed E-state index contributed by atoms with van der Waals surface area (Å²) in [5.41, 5.74) is 5.27. The van der Waals surface area contributed by atoms with Gasteiger partial charge in [0, 0.05) is 28.0 Å². The van der Waals surface area contributed by atoms with Crippen LogP contribution >= 0.6 is 11.3 Å². The Morgan fingerprint density at radius 3 is 2.57 bits per heavy atom. The molecule has 1 N–H and O–H groups in total. The Kier molecular flexibility index (Phi) is 5.22. The summed E-state index contributed by atoms with van der Waals surface area (Å²) in [5, 5.41) is 8.19. The Labute approximate surface area is 132 Å². The lowest BCUT2D eigenvalue weighted by Gasteiger charge is -2.05. The zero-order valence-electron chi connectivity index (χ0n) is 14.1. The van der Waals surface area contributed by atoms with Crippen LogP contribution in [0.5, 0.6) is 0 Å². The van der Waals surface area contributed by atoms with E-state index in [2.05, 4.69) is 57.6 Å². The topological polar surface area (TPSA) is 29.9 Å². The van der Waals surface area contributed by atoms with Crippen molar-refractivity contribution < 1.29 is 0 Å². The van der Waals surface area contributed by atoms with E-state index in [4.69, 9.17) is 5.10 Å². The number of hydrogen-bond acceptors (Lipinski definition) is 3. The lowest BCUT2D eigenvalue weighted by atomic mass is 10.1. The number of rotatable bonds is 6. The molecule has 116 valence electrons. The van der Waals surface area contributed by atoms with Gasteiger partial charge in [-0.15, -0.1) is 11.3 Å². The first-order chi connectivity index (χ1) is 9.92. The largest absolute Gasteiger partial charge is 0.310 e. The third-order valence-corrected chi connectivity index (χ3v) is 5.05. The van der Waals surface area contributed by atoms with Crippen LogP contribution in [0.15, 0.2) is 6.07 Å². The third-order valence-electron chi connectivity index (χ3n) is 3.96. The third kappa shape index (κ3) is 3.74. The molecule has 2 rings (SSSR count). The minimum absolute atomic E-state index is 0.527. The molecule has 0 atom stereocenters. The van der Waals surface area contributed by atoms with Crippen molar-refractivity contribution in [3.8, 4) is 0 Å². The second-order valence-electron chi connectivity index (χ2n) is 5.99. The van der Waals surface area contributed by atoms with Crippen LogP contribution in [0.3, 0.4) is 0 Å². The SMILES string of the molecule is CCc1c(C)nn(Cc2cc(CNC(C)C)sc2C)c1C. The second kappa shape index (κ2) is 6.75. The van der Waals surface area contributed by atoms with Crippen LogP contribution in [-0.2, 0) is 19.5 Å². The van der Waals surface area contributed by atoms with Crippen LogP contribution in [0.4, 0.5) is 0 Å². The summed E-state index contributed by atoms with van der Waals surface area (Å²) in [6.07, 6.45) is 1.06. The Morgan fingerprint density at radius 2 is 2.00 bits per heavy atom. The highest BCUT2D eigenvalue weighted by Gasteiger charge is 2.12. The van der Waals surface area contributed by atoms with Crippen molar-refractivity contribution >= 4 is 11.3 Å². The van der Waals surface area contributed by atoms with Gasteiger partial charge in [0.25, 0.3) is 0 Å². The molecule has 0 saturated heterocycles. The smallest absolute Gasteiger partial charge is 0.0673 e. The van der Waals surface area contributed by atoms with E-state index < -0.39 is 0 Å². The number of thiophene rings is 1. The maximum absolute atomic E-state index is 4.71. The number of hydrogen-bond donors (Lipinski definition) is 1. The molecule has 0 spiro atoms. The van der Waals surface area contributed by atoms with Gasteiger partial charge in [-0.25, -0.2) is 0 Å². The molecule has 0 amide bonds. The van der Waals surface area contributed by atoms with E-state index in [9.17, 15) is 0 Å². The number of aromatic nitrogens is 2. The molecule has 4 heteroatoms. The molecule has 2 aromatic heterocycles. The molecule has 21 heavy (non-hydrogen) atoms. The highest BCUT2D eigenvalue weighted by molar-refractivity contribution is 7.12. The lowest BCUT2D eigenvalue weighted by Crippen LogP contribution is -2.21. The molecule has 0 aromatic carbocycles. The minimum atomic E-state index is 0.527. The Balaban J connectivity index is 2.16. The van der Waals surface area contributed by atoms with Crippen LogP contribution in [0.25, 0.3) is 0 Å². The second-order valence-corrected chi connectivity index (χ2v) is 7.33. The summed E-state index contributed by atoms with van der Waals surface area (Å²) >= 11 is 1.89. The van der Waals surface area contributed by atoms with E-state index >= 15 is 0 Å². The van der Waals surface area contributed by atoms with Gasteiger partial charge in [-0.05, 0) is 44.4 Å². The fourth-order valence-corrected chi connectivity index (χ4v) is 3.70. The molecule has 3 nitrogen and oxygen atoms in total. The highest BCUT2D eigenvalue weighted by Crippen LogP contribution is 2.24. The van der Waals surface area contributed by atoms with Crippen molar-refractivity contribution in [2.75, 3.05) is 0 Å². The Morgan fingerprint density at radius 1 is 1.29 bits per heavy atom. The maximum Gasteiger partial charge on any atom is 0.0673 e. The Bertz CT molecular complexity index is 608. The summed E-state index contributed by atoms with van der Waals surface area (Å²) in [4.78, 5) is 2.81. The van der Waals surface area contributed by atoms with Crippen molar-refractivity contribution in [1.29, 1.82) is 0 Å². The molecular weight excluding hydrogens is 278 g/mol. The zero-order valence-corrected chi connectivity index (χ0v) is 14.9. The van der Waals surface area contributed by atoms with Crippen molar-refractivity contribution in [1.82, 2.24) is 15.1 Å². The van der Waals surface area contributed by atoms with Gasteiger partial charge in [0.1, 0.15) is 0 Å². The Hall–Kier alpha value is -1.13. The summed E-state index contributed by atoms with van der Waals surface area (Å²) in [5.74, 6) is 0. The summed E-state index contributed by atoms with van der Waals surface area (Å²) in [6.45, 7) is 14.9. The summed E-state index contributed by atoms with van der Waals surface area (Å²) < 4.78 is 2.16. The monoisotopic (exact) mass is 305 g/mol. The standard InChI is InChI=1S/C17H27N3S/c1-7-17-12(4)19-20(13(17)5)10-15-8-16(21-14(15)6)9-18-11(2)3/h8,11,18H,7,9-10H2,1-6H3. The average Bonchev–Trinajstić information content (AvgIpc) is 2.89. The van der Waals surface area contributed by atoms with Gasteiger partial charge >= 0.3 is 0 Å². The molecule has 0 saturated carbocycles. The molecule has 0 bridgehead atoms. The van der Waals surface area contributed by atoms with Gasteiger partial charge < -0.3 is 5.32 Å². The predicted molar refractivity (Wildman–Crippen MR) is 91.2 cm³/mol. The van der Waals surface area contributed by atoms with Crippen molar-refractivity contribution in [3.05, 3.63) is 38.3 Å². The highest BCUT2D eigenvalue weighted by atomic mass is 32.1. The molecule has 0 aliphatic rings. The molecule has 0 aliphatic heterocycles. The molecule has 0 aliphatic carbocycles. The van der Waals surface area contributed by atoms with Gasteiger partial charge in [0.15, 0.2) is 0 Å². The molecule has 2 aromatic rings. The van der Waals surface area contributed by atoms with E-state index in [1.165, 1.54) is 32.3 Å². The van der Waals surface area contributed by atoms with Crippen molar-refractivity contribution in [2.24, 2.45) is 0 Å². The van der Waals surface area contributed by atoms with Gasteiger partial charge in [0.05, 0.1) is 12.2 Å². The molecule has 0 fully saturated rings. The van der Waals surface area contributed by atoms with E-state index in [1.54, 1.807) is 0 Å². The van der Waals surface area contributed by atoms with Gasteiger partial charge in [0.2, 0.25) is 0 Å². The predicted octanol–water partition coefficient (Wildman–Crippen LogP) is 3.98. The normalized spacial score (nSPS) is 11.6. The average molecular weight is 305 g/mol. The first-order valence-electron chi connectivity index (χ1n) is 7.76. The fourth-order valence-electron chi connectivity index (χ4n) is 2.70. The van der Waals surface area contributed by atoms with Gasteiger partial charge in [-0.2, -0.15) is 5.10 Å². The first kappa shape index (κ1) is 16.2. The fraction of sp³-hybridized carbons (Fsp3) is 0.588. The lowest BCUT2D eigenvalue weighted by molar-refractivity contribution is 0.592. The van der Waals surface area contributed by atoms with Crippen LogP contribution in [0.2, 0.25) is 0 Å². The van der Waals surface area contributed by atoms with Gasteiger partial charge in [-0.3, -0.25) is 4.68 Å². The van der Waals surface area contributed by atoms with E-state index in [0.717, 1.165) is 19.5 Å². The van der Waals surface area contributed by atoms with Crippen molar-refractivity contribution in [3.63, 3.8) is 0 Å². The van der Waals surface area contributed by atoms with Gasteiger partial charge in [-0.1, -0.05) is 20.8 Å². The molecule has 0 radical (unpaired) electrons. The quantitative estimate of drug-likeness (QED) is 0.875. The van der Waals surface area contributed by atoms with Crippen LogP contribution in [-0.4, -0.2) is 15.8 Å².